The molecule has 0 saturated carbocycles. The van der Waals surface area contributed by atoms with E-state index in [0.717, 1.165) is 5.39 Å². The van der Waals surface area contributed by atoms with Gasteiger partial charge in [0.05, 0.1) is 5.52 Å². The van der Waals surface area contributed by atoms with E-state index in [1.165, 1.54) is 12.1 Å². The molecule has 84 valence electrons. The van der Waals surface area contributed by atoms with Crippen LogP contribution in [-0.2, 0) is 0 Å². The summed E-state index contributed by atoms with van der Waals surface area (Å²) < 4.78 is 25.4. The van der Waals surface area contributed by atoms with Crippen molar-refractivity contribution in [3.63, 3.8) is 0 Å². The Morgan fingerprint density at radius 1 is 1.31 bits per heavy atom. The summed E-state index contributed by atoms with van der Waals surface area (Å²) in [6.45, 7) is 0. The second-order valence-electron chi connectivity index (χ2n) is 3.40. The van der Waals surface area contributed by atoms with Crippen LogP contribution >= 0.6 is 11.6 Å². The number of rotatable bonds is 2. The number of alkyl halides is 3. The maximum atomic E-state index is 12.7. The summed E-state index contributed by atoms with van der Waals surface area (Å²) >= 11 is 4.77. The van der Waals surface area contributed by atoms with E-state index in [1.807, 2.05) is 0 Å². The minimum absolute atomic E-state index is 0.0474. The first-order valence-electron chi connectivity index (χ1n) is 4.58. The van der Waals surface area contributed by atoms with Crippen molar-refractivity contribution in [1.29, 1.82) is 0 Å². The Morgan fingerprint density at radius 2 is 2.06 bits per heavy atom. The molecule has 1 aromatic carbocycles. The van der Waals surface area contributed by atoms with Gasteiger partial charge in [-0.3, -0.25) is 4.98 Å². The molecule has 0 saturated heterocycles. The highest BCUT2D eigenvalue weighted by atomic mass is 35.5. The maximum absolute atomic E-state index is 12.7. The van der Waals surface area contributed by atoms with Crippen molar-refractivity contribution >= 4 is 22.5 Å². The summed E-state index contributed by atoms with van der Waals surface area (Å²) in [6, 6.07) is 7.97. The van der Waals surface area contributed by atoms with Crippen LogP contribution in [0.1, 0.15) is 11.7 Å². The third kappa shape index (κ3) is 2.13. The number of benzene rings is 1. The van der Waals surface area contributed by atoms with Gasteiger partial charge in [-0.15, -0.1) is 0 Å². The van der Waals surface area contributed by atoms with Crippen LogP contribution < -0.4 is 0 Å². The highest BCUT2D eigenvalue weighted by Gasteiger charge is 2.36. The third-order valence-corrected chi connectivity index (χ3v) is 2.46. The zero-order chi connectivity index (χ0) is 11.8. The lowest BCUT2D eigenvalue weighted by Crippen LogP contribution is -2.18. The molecule has 1 aromatic heterocycles. The number of aliphatic hydroxyl groups is 1. The molecule has 0 aliphatic carbocycles. The van der Waals surface area contributed by atoms with Crippen molar-refractivity contribution in [1.82, 2.24) is 4.98 Å². The van der Waals surface area contributed by atoms with Gasteiger partial charge in [0.25, 0.3) is 0 Å². The summed E-state index contributed by atoms with van der Waals surface area (Å²) in [5.41, 5.74) is 0.589. The lowest BCUT2D eigenvalue weighted by Gasteiger charge is -2.16. The van der Waals surface area contributed by atoms with Crippen molar-refractivity contribution in [2.75, 3.05) is 0 Å². The Morgan fingerprint density at radius 3 is 2.75 bits per heavy atom. The molecular weight excluding hydrogens is 236 g/mol. The van der Waals surface area contributed by atoms with Gasteiger partial charge in [0.2, 0.25) is 0 Å². The highest BCUT2D eigenvalue weighted by Crippen LogP contribution is 2.35. The van der Waals surface area contributed by atoms with Crippen LogP contribution in [0.15, 0.2) is 36.5 Å². The first kappa shape index (κ1) is 11.2. The van der Waals surface area contributed by atoms with Gasteiger partial charge >= 0.3 is 5.38 Å². The quantitative estimate of drug-likeness (QED) is 0.823. The summed E-state index contributed by atoms with van der Waals surface area (Å²) in [7, 11) is 0. The first-order chi connectivity index (χ1) is 7.48. The minimum atomic E-state index is -3.68. The number of aliphatic hydroxyl groups excluding tert-OH is 1. The monoisotopic (exact) mass is 243 g/mol. The molecule has 0 aliphatic rings. The van der Waals surface area contributed by atoms with Crippen molar-refractivity contribution in [3.8, 4) is 0 Å². The molecule has 0 bridgehead atoms. The molecule has 1 N–H and O–H groups in total. The molecule has 0 radical (unpaired) electrons. The topological polar surface area (TPSA) is 33.1 Å². The molecule has 1 atom stereocenters. The zero-order valence-corrected chi connectivity index (χ0v) is 8.83. The maximum Gasteiger partial charge on any atom is 0.351 e. The Bertz CT molecular complexity index is 513. The Labute approximate surface area is 95.5 Å². The number of hydrogen-bond acceptors (Lipinski definition) is 2. The van der Waals surface area contributed by atoms with E-state index in [1.54, 1.807) is 24.4 Å². The van der Waals surface area contributed by atoms with Crippen LogP contribution in [0.2, 0.25) is 0 Å². The van der Waals surface area contributed by atoms with Crippen molar-refractivity contribution in [2.45, 2.75) is 11.5 Å². The highest BCUT2D eigenvalue weighted by molar-refractivity contribution is 6.22. The van der Waals surface area contributed by atoms with E-state index in [-0.39, 0.29) is 5.56 Å². The number of fused-ring (bicyclic) bond motifs is 1. The second kappa shape index (κ2) is 3.96. The van der Waals surface area contributed by atoms with Gasteiger partial charge in [-0.1, -0.05) is 18.2 Å². The van der Waals surface area contributed by atoms with Crippen LogP contribution in [-0.4, -0.2) is 15.5 Å². The molecule has 0 aliphatic heterocycles. The Balaban J connectivity index is 2.47. The summed E-state index contributed by atoms with van der Waals surface area (Å²) in [5, 5.41) is 6.44. The predicted octanol–water partition coefficient (Wildman–Crippen LogP) is 3.10. The van der Waals surface area contributed by atoms with Gasteiger partial charge in [0.1, 0.15) is 0 Å². The van der Waals surface area contributed by atoms with Crippen molar-refractivity contribution in [2.24, 2.45) is 0 Å². The van der Waals surface area contributed by atoms with Gasteiger partial charge in [-0.25, -0.2) is 0 Å². The molecule has 0 amide bonds. The van der Waals surface area contributed by atoms with Crippen molar-refractivity contribution in [3.05, 3.63) is 42.1 Å². The second-order valence-corrected chi connectivity index (χ2v) is 3.90. The predicted molar refractivity (Wildman–Crippen MR) is 57.5 cm³/mol. The van der Waals surface area contributed by atoms with E-state index in [2.05, 4.69) is 4.98 Å². The van der Waals surface area contributed by atoms with E-state index in [0.29, 0.717) is 5.52 Å². The molecular formula is C11H8ClF2NO. The van der Waals surface area contributed by atoms with E-state index in [4.69, 9.17) is 11.6 Å². The van der Waals surface area contributed by atoms with Crippen LogP contribution in [0.25, 0.3) is 10.9 Å². The molecule has 0 fully saturated rings. The van der Waals surface area contributed by atoms with Crippen LogP contribution in [0.4, 0.5) is 8.78 Å². The Hall–Kier alpha value is -1.26. The molecule has 16 heavy (non-hydrogen) atoms. The molecule has 1 unspecified atom stereocenters. The molecule has 1 heterocycles. The lowest BCUT2D eigenvalue weighted by atomic mass is 10.1. The minimum Gasteiger partial charge on any atom is -0.381 e. The molecule has 0 spiro atoms. The fourth-order valence-electron chi connectivity index (χ4n) is 1.44. The largest absolute Gasteiger partial charge is 0.381 e. The summed E-state index contributed by atoms with van der Waals surface area (Å²) in [5.74, 6) is 0. The number of hydrogen-bond donors (Lipinski definition) is 1. The van der Waals surface area contributed by atoms with E-state index < -0.39 is 11.5 Å². The van der Waals surface area contributed by atoms with Crippen LogP contribution in [0, 0.1) is 0 Å². The van der Waals surface area contributed by atoms with E-state index >= 15 is 0 Å². The van der Waals surface area contributed by atoms with Gasteiger partial charge < -0.3 is 5.11 Å². The average molecular weight is 244 g/mol. The Kier molecular flexibility index (Phi) is 2.78. The number of nitrogens with zero attached hydrogens (tertiary/aromatic N) is 1. The molecule has 2 nitrogen and oxygen atoms in total. The van der Waals surface area contributed by atoms with Gasteiger partial charge in [-0.05, 0) is 29.3 Å². The summed E-state index contributed by atoms with van der Waals surface area (Å²) in [4.78, 5) is 4.01. The van der Waals surface area contributed by atoms with Crippen LogP contribution in [0.5, 0.6) is 0 Å². The fourth-order valence-corrected chi connectivity index (χ4v) is 1.57. The summed E-state index contributed by atoms with van der Waals surface area (Å²) in [6.07, 6.45) is -0.474. The SMILES string of the molecule is OC(c1ccc2cccnc2c1)C(F)(F)Cl. The lowest BCUT2D eigenvalue weighted by molar-refractivity contribution is -0.0424. The van der Waals surface area contributed by atoms with Gasteiger partial charge in [-0.2, -0.15) is 8.78 Å². The smallest absolute Gasteiger partial charge is 0.351 e. The van der Waals surface area contributed by atoms with Gasteiger partial charge in [0.15, 0.2) is 6.10 Å². The number of pyridine rings is 1. The normalized spacial score (nSPS) is 14.0. The molecule has 5 heteroatoms. The molecule has 2 aromatic rings. The standard InChI is InChI=1S/C11H8ClF2NO/c12-11(13,14)10(16)8-4-3-7-2-1-5-15-9(7)6-8/h1-6,10,16H. The zero-order valence-electron chi connectivity index (χ0n) is 8.07. The first-order valence-corrected chi connectivity index (χ1v) is 4.96. The third-order valence-electron chi connectivity index (χ3n) is 2.26. The van der Waals surface area contributed by atoms with E-state index in [9.17, 15) is 13.9 Å². The van der Waals surface area contributed by atoms with Crippen LogP contribution in [0.3, 0.4) is 0 Å². The van der Waals surface area contributed by atoms with Gasteiger partial charge in [0, 0.05) is 11.6 Å². The molecule has 2 rings (SSSR count). The number of halogens is 3. The van der Waals surface area contributed by atoms with Crippen molar-refractivity contribution < 1.29 is 13.9 Å². The average Bonchev–Trinajstić information content (AvgIpc) is 2.26. The fraction of sp³-hybridized carbons (Fsp3) is 0.182. The number of aromatic nitrogens is 1.